The van der Waals surface area contributed by atoms with Crippen LogP contribution in [0.5, 0.6) is 0 Å². The Kier molecular flexibility index (Phi) is 4.97. The van der Waals surface area contributed by atoms with Crippen LogP contribution in [-0.2, 0) is 6.54 Å². The van der Waals surface area contributed by atoms with Gasteiger partial charge in [0.25, 0.3) is 0 Å². The van der Waals surface area contributed by atoms with Crippen molar-refractivity contribution in [2.24, 2.45) is 5.73 Å². The van der Waals surface area contributed by atoms with Crippen LogP contribution in [0.2, 0.25) is 0 Å². The fraction of sp³-hybridized carbons (Fsp3) is 0.684. The van der Waals surface area contributed by atoms with E-state index in [9.17, 15) is 0 Å². The molecule has 0 amide bonds. The number of hydrogen-bond donors (Lipinski definition) is 1. The van der Waals surface area contributed by atoms with Crippen molar-refractivity contribution in [3.63, 3.8) is 0 Å². The van der Waals surface area contributed by atoms with Gasteiger partial charge < -0.3 is 5.73 Å². The number of hydrogen-bond acceptors (Lipinski definition) is 2. The van der Waals surface area contributed by atoms with Crippen molar-refractivity contribution in [1.82, 2.24) is 4.90 Å². The zero-order chi connectivity index (χ0) is 14.7. The summed E-state index contributed by atoms with van der Waals surface area (Å²) < 4.78 is 0. The molecule has 2 nitrogen and oxygen atoms in total. The lowest BCUT2D eigenvalue weighted by atomic mass is 9.90. The number of rotatable bonds is 6. The van der Waals surface area contributed by atoms with E-state index in [0.717, 1.165) is 18.5 Å². The maximum atomic E-state index is 6.08. The van der Waals surface area contributed by atoms with E-state index in [1.807, 2.05) is 0 Å². The second kappa shape index (κ2) is 6.93. The normalized spacial score (nSPS) is 26.2. The van der Waals surface area contributed by atoms with E-state index in [1.54, 1.807) is 11.1 Å². The Hall–Kier alpha value is -0.860. The summed E-state index contributed by atoms with van der Waals surface area (Å²) in [7, 11) is 0. The van der Waals surface area contributed by atoms with Crippen molar-refractivity contribution in [2.45, 2.75) is 76.4 Å². The molecule has 0 heterocycles. The molecule has 1 aromatic rings. The molecular formula is C19H30N2. The fourth-order valence-electron chi connectivity index (χ4n) is 3.83. The van der Waals surface area contributed by atoms with Crippen LogP contribution in [0, 0.1) is 0 Å². The summed E-state index contributed by atoms with van der Waals surface area (Å²) in [5.74, 6) is 0.851. The van der Waals surface area contributed by atoms with Crippen LogP contribution < -0.4 is 5.73 Å². The zero-order valence-electron chi connectivity index (χ0n) is 13.4. The van der Waals surface area contributed by atoms with Gasteiger partial charge in [-0.25, -0.2) is 0 Å². The van der Waals surface area contributed by atoms with Gasteiger partial charge in [-0.3, -0.25) is 4.90 Å². The predicted molar refractivity (Wildman–Crippen MR) is 89.3 cm³/mol. The van der Waals surface area contributed by atoms with Crippen molar-refractivity contribution >= 4 is 0 Å². The highest BCUT2D eigenvalue weighted by Gasteiger charge is 2.28. The summed E-state index contributed by atoms with van der Waals surface area (Å²) in [6.45, 7) is 4.66. The van der Waals surface area contributed by atoms with Crippen LogP contribution in [0.1, 0.15) is 68.9 Å². The molecule has 21 heavy (non-hydrogen) atoms. The second-order valence-corrected chi connectivity index (χ2v) is 7.01. The third-order valence-corrected chi connectivity index (χ3v) is 5.21. The van der Waals surface area contributed by atoms with Crippen LogP contribution in [-0.4, -0.2) is 23.5 Å². The van der Waals surface area contributed by atoms with Crippen molar-refractivity contribution in [2.75, 3.05) is 6.54 Å². The van der Waals surface area contributed by atoms with Crippen LogP contribution >= 0.6 is 0 Å². The van der Waals surface area contributed by atoms with Crippen LogP contribution in [0.4, 0.5) is 0 Å². The van der Waals surface area contributed by atoms with E-state index < -0.39 is 0 Å². The molecule has 0 radical (unpaired) electrons. The zero-order valence-corrected chi connectivity index (χ0v) is 13.4. The summed E-state index contributed by atoms with van der Waals surface area (Å²) in [5.41, 5.74) is 9.27. The van der Waals surface area contributed by atoms with E-state index >= 15 is 0 Å². The number of nitrogens with zero attached hydrogens (tertiary/aromatic N) is 1. The highest BCUT2D eigenvalue weighted by Crippen LogP contribution is 2.42. The Labute approximate surface area is 129 Å². The third kappa shape index (κ3) is 3.87. The number of nitrogens with two attached hydrogens (primary N) is 1. The van der Waals surface area contributed by atoms with Gasteiger partial charge in [-0.2, -0.15) is 0 Å². The van der Waals surface area contributed by atoms with Gasteiger partial charge in [0.1, 0.15) is 0 Å². The third-order valence-electron chi connectivity index (χ3n) is 5.21. The largest absolute Gasteiger partial charge is 0.328 e. The van der Waals surface area contributed by atoms with Gasteiger partial charge in [0.05, 0.1) is 0 Å². The highest BCUT2D eigenvalue weighted by atomic mass is 15.2. The average molecular weight is 286 g/mol. The van der Waals surface area contributed by atoms with Gasteiger partial charge >= 0.3 is 0 Å². The van der Waals surface area contributed by atoms with E-state index in [2.05, 4.69) is 36.1 Å². The lowest BCUT2D eigenvalue weighted by Crippen LogP contribution is -2.41. The average Bonchev–Trinajstić information content (AvgIpc) is 3.33. The van der Waals surface area contributed by atoms with Crippen molar-refractivity contribution < 1.29 is 0 Å². The molecule has 0 bridgehead atoms. The predicted octanol–water partition coefficient (Wildman–Crippen LogP) is 4.05. The highest BCUT2D eigenvalue weighted by molar-refractivity contribution is 5.33. The summed E-state index contributed by atoms with van der Waals surface area (Å²) in [6, 6.07) is 10.3. The minimum atomic E-state index is 0.448. The van der Waals surface area contributed by atoms with Crippen LogP contribution in [0.15, 0.2) is 24.3 Å². The van der Waals surface area contributed by atoms with Crippen molar-refractivity contribution in [3.05, 3.63) is 35.4 Å². The Morgan fingerprint density at radius 2 is 1.76 bits per heavy atom. The van der Waals surface area contributed by atoms with Gasteiger partial charge in [-0.05, 0) is 68.5 Å². The summed E-state index contributed by atoms with van der Waals surface area (Å²) >= 11 is 0. The van der Waals surface area contributed by atoms with E-state index in [4.69, 9.17) is 5.73 Å². The Balaban J connectivity index is 1.70. The van der Waals surface area contributed by atoms with E-state index in [1.165, 1.54) is 51.5 Å². The van der Waals surface area contributed by atoms with Gasteiger partial charge in [0.15, 0.2) is 0 Å². The molecule has 0 saturated heterocycles. The van der Waals surface area contributed by atoms with Crippen molar-refractivity contribution in [3.8, 4) is 0 Å². The smallest absolute Gasteiger partial charge is 0.0239 e. The maximum absolute atomic E-state index is 6.08. The molecule has 2 aliphatic carbocycles. The molecule has 116 valence electrons. The molecule has 0 spiro atoms. The molecule has 2 N–H and O–H groups in total. The summed E-state index contributed by atoms with van der Waals surface area (Å²) in [5, 5.41) is 0. The topological polar surface area (TPSA) is 29.3 Å². The molecule has 2 saturated carbocycles. The molecule has 2 aliphatic rings. The van der Waals surface area contributed by atoms with E-state index in [-0.39, 0.29) is 0 Å². The Morgan fingerprint density at radius 1 is 1.05 bits per heavy atom. The molecular weight excluding hydrogens is 256 g/mol. The molecule has 3 rings (SSSR count). The lowest BCUT2D eigenvalue weighted by molar-refractivity contribution is 0.141. The first kappa shape index (κ1) is 15.1. The van der Waals surface area contributed by atoms with Gasteiger partial charge in [0.2, 0.25) is 0 Å². The Bertz CT molecular complexity index is 445. The van der Waals surface area contributed by atoms with Gasteiger partial charge in [0, 0.05) is 18.6 Å². The first-order chi connectivity index (χ1) is 10.3. The van der Waals surface area contributed by atoms with E-state index in [0.29, 0.717) is 6.04 Å². The second-order valence-electron chi connectivity index (χ2n) is 7.01. The monoisotopic (exact) mass is 286 g/mol. The van der Waals surface area contributed by atoms with Gasteiger partial charge in [-0.1, -0.05) is 31.2 Å². The standard InChI is InChI=1S/C19H30N2/c1-2-13-21(18-11-9-17(20)10-12-18)14-16-5-3-4-6-19(16)15-7-8-15/h3-6,15,17-18H,2,7-14,20H2,1H3. The minimum Gasteiger partial charge on any atom is -0.328 e. The lowest BCUT2D eigenvalue weighted by Gasteiger charge is -2.36. The molecule has 0 unspecified atom stereocenters. The van der Waals surface area contributed by atoms with Crippen LogP contribution in [0.3, 0.4) is 0 Å². The molecule has 0 aliphatic heterocycles. The van der Waals surface area contributed by atoms with Crippen molar-refractivity contribution in [1.29, 1.82) is 0 Å². The van der Waals surface area contributed by atoms with Crippen LogP contribution in [0.25, 0.3) is 0 Å². The maximum Gasteiger partial charge on any atom is 0.0239 e. The molecule has 2 fully saturated rings. The Morgan fingerprint density at radius 3 is 2.43 bits per heavy atom. The quantitative estimate of drug-likeness (QED) is 0.855. The minimum absolute atomic E-state index is 0.448. The first-order valence-electron chi connectivity index (χ1n) is 8.85. The first-order valence-corrected chi connectivity index (χ1v) is 8.85. The summed E-state index contributed by atoms with van der Waals surface area (Å²) in [6.07, 6.45) is 9.00. The molecule has 0 atom stereocenters. The van der Waals surface area contributed by atoms with Gasteiger partial charge in [-0.15, -0.1) is 0 Å². The fourth-order valence-corrected chi connectivity index (χ4v) is 3.83. The molecule has 0 aromatic heterocycles. The number of benzene rings is 1. The SMILES string of the molecule is CCCN(Cc1ccccc1C1CC1)C1CCC(N)CC1. The molecule has 1 aromatic carbocycles. The summed E-state index contributed by atoms with van der Waals surface area (Å²) in [4.78, 5) is 2.73. The molecule has 2 heteroatoms.